The molecule has 0 aliphatic heterocycles. The summed E-state index contributed by atoms with van der Waals surface area (Å²) in [6.07, 6.45) is 5.07. The third-order valence-electron chi connectivity index (χ3n) is 2.73. The molecule has 4 heteroatoms. The Morgan fingerprint density at radius 1 is 1.60 bits per heavy atom. The van der Waals surface area contributed by atoms with Crippen molar-refractivity contribution in [2.24, 2.45) is 5.41 Å². The highest BCUT2D eigenvalue weighted by atomic mass is 16.2. The Morgan fingerprint density at radius 3 is 2.87 bits per heavy atom. The minimum absolute atomic E-state index is 0.115. The highest BCUT2D eigenvalue weighted by molar-refractivity contribution is 5.81. The number of nitrogens with one attached hydrogen (secondary N) is 2. The maximum Gasteiger partial charge on any atom is 0.225 e. The third kappa shape index (κ3) is 3.38. The molecule has 2 N–H and O–H groups in total. The van der Waals surface area contributed by atoms with E-state index in [2.05, 4.69) is 15.3 Å². The summed E-state index contributed by atoms with van der Waals surface area (Å²) in [7, 11) is 0. The summed E-state index contributed by atoms with van der Waals surface area (Å²) in [6.45, 7) is 6.59. The van der Waals surface area contributed by atoms with Gasteiger partial charge in [0.2, 0.25) is 5.91 Å². The molecule has 15 heavy (non-hydrogen) atoms. The monoisotopic (exact) mass is 209 g/mol. The van der Waals surface area contributed by atoms with Crippen molar-refractivity contribution in [1.82, 2.24) is 15.3 Å². The van der Waals surface area contributed by atoms with E-state index >= 15 is 0 Å². The number of amides is 1. The van der Waals surface area contributed by atoms with Crippen molar-refractivity contribution >= 4 is 5.91 Å². The molecule has 0 spiro atoms. The Morgan fingerprint density at radius 2 is 2.33 bits per heavy atom. The molecular weight excluding hydrogens is 190 g/mol. The lowest BCUT2D eigenvalue weighted by Crippen LogP contribution is -2.37. The van der Waals surface area contributed by atoms with Crippen LogP contribution in [0.3, 0.4) is 0 Å². The maximum atomic E-state index is 11.7. The number of H-pyrrole nitrogens is 1. The first kappa shape index (κ1) is 11.8. The Balaban J connectivity index is 2.29. The van der Waals surface area contributed by atoms with Crippen LogP contribution in [-0.4, -0.2) is 22.4 Å². The zero-order chi connectivity index (χ0) is 11.3. The Hall–Kier alpha value is -1.32. The molecule has 4 nitrogen and oxygen atoms in total. The second kappa shape index (κ2) is 4.96. The second-order valence-electron chi connectivity index (χ2n) is 4.32. The van der Waals surface area contributed by atoms with E-state index in [1.807, 2.05) is 20.8 Å². The number of aromatic nitrogens is 2. The molecule has 1 aromatic heterocycles. The van der Waals surface area contributed by atoms with Gasteiger partial charge in [-0.3, -0.25) is 4.79 Å². The smallest absolute Gasteiger partial charge is 0.225 e. The normalized spacial score (nSPS) is 11.4. The van der Waals surface area contributed by atoms with Crippen molar-refractivity contribution < 1.29 is 4.79 Å². The van der Waals surface area contributed by atoms with Gasteiger partial charge in [-0.2, -0.15) is 0 Å². The van der Waals surface area contributed by atoms with Crippen LogP contribution in [0, 0.1) is 5.41 Å². The van der Waals surface area contributed by atoms with Crippen LogP contribution in [0.2, 0.25) is 0 Å². The minimum atomic E-state index is -0.270. The predicted octanol–water partition coefficient (Wildman–Crippen LogP) is 1.50. The fourth-order valence-electron chi connectivity index (χ4n) is 1.13. The molecule has 1 heterocycles. The molecule has 0 saturated carbocycles. The van der Waals surface area contributed by atoms with Crippen LogP contribution >= 0.6 is 0 Å². The van der Waals surface area contributed by atoms with Crippen molar-refractivity contribution in [2.75, 3.05) is 6.54 Å². The molecule has 0 aliphatic carbocycles. The fraction of sp³-hybridized carbons (Fsp3) is 0.636. The molecule has 0 atom stereocenters. The summed E-state index contributed by atoms with van der Waals surface area (Å²) in [5.41, 5.74) is 0.776. The number of aromatic amines is 1. The maximum absolute atomic E-state index is 11.7. The highest BCUT2D eigenvalue weighted by Crippen LogP contribution is 2.19. The number of nitrogens with zero attached hydrogens (tertiary/aromatic N) is 1. The van der Waals surface area contributed by atoms with Crippen molar-refractivity contribution in [3.63, 3.8) is 0 Å². The number of rotatable bonds is 5. The van der Waals surface area contributed by atoms with Crippen molar-refractivity contribution in [3.05, 3.63) is 18.2 Å². The molecule has 0 aliphatic rings. The average molecular weight is 209 g/mol. The number of carbonyl (C=O) groups is 1. The lowest BCUT2D eigenvalue weighted by molar-refractivity contribution is -0.129. The van der Waals surface area contributed by atoms with Gasteiger partial charge in [0.15, 0.2) is 0 Å². The second-order valence-corrected chi connectivity index (χ2v) is 4.32. The molecule has 0 bridgehead atoms. The summed E-state index contributed by atoms with van der Waals surface area (Å²) in [6, 6.07) is 0. The molecule has 0 saturated heterocycles. The van der Waals surface area contributed by atoms with Gasteiger partial charge in [0.1, 0.15) is 0 Å². The van der Waals surface area contributed by atoms with Crippen LogP contribution in [0.1, 0.15) is 32.9 Å². The molecular formula is C11H19N3O. The summed E-state index contributed by atoms with van der Waals surface area (Å²) >= 11 is 0. The molecule has 84 valence electrons. The van der Waals surface area contributed by atoms with Crippen LogP contribution in [-0.2, 0) is 11.2 Å². The molecule has 0 fully saturated rings. The van der Waals surface area contributed by atoms with Gasteiger partial charge in [0.25, 0.3) is 0 Å². The van der Waals surface area contributed by atoms with Gasteiger partial charge in [0.05, 0.1) is 6.33 Å². The summed E-state index contributed by atoms with van der Waals surface area (Å²) in [4.78, 5) is 18.6. The number of carbonyl (C=O) groups excluding carboxylic acids is 1. The van der Waals surface area contributed by atoms with Gasteiger partial charge in [-0.1, -0.05) is 20.8 Å². The summed E-state index contributed by atoms with van der Waals surface area (Å²) in [5.74, 6) is 0.115. The zero-order valence-corrected chi connectivity index (χ0v) is 9.63. The highest BCUT2D eigenvalue weighted by Gasteiger charge is 2.24. The molecule has 1 rings (SSSR count). The van der Waals surface area contributed by atoms with Crippen LogP contribution in [0.25, 0.3) is 0 Å². The topological polar surface area (TPSA) is 57.8 Å². The van der Waals surface area contributed by atoms with E-state index in [9.17, 15) is 4.79 Å². The Kier molecular flexibility index (Phi) is 3.88. The fourth-order valence-corrected chi connectivity index (χ4v) is 1.13. The minimum Gasteiger partial charge on any atom is -0.355 e. The van der Waals surface area contributed by atoms with Crippen molar-refractivity contribution in [1.29, 1.82) is 0 Å². The van der Waals surface area contributed by atoms with Crippen molar-refractivity contribution in [3.8, 4) is 0 Å². The van der Waals surface area contributed by atoms with E-state index < -0.39 is 0 Å². The summed E-state index contributed by atoms with van der Waals surface area (Å²) < 4.78 is 0. The Labute approximate surface area is 90.5 Å². The number of hydrogen-bond acceptors (Lipinski definition) is 2. The zero-order valence-electron chi connectivity index (χ0n) is 9.63. The molecule has 0 unspecified atom stereocenters. The standard InChI is InChI=1S/C11H19N3O/c1-4-11(2,3)10(15)13-6-5-9-7-12-8-14-9/h7-8H,4-6H2,1-3H3,(H,12,14)(H,13,15). The largest absolute Gasteiger partial charge is 0.355 e. The number of hydrogen-bond donors (Lipinski definition) is 2. The SMILES string of the molecule is CCC(C)(C)C(=O)NCCc1cnc[nH]1. The van der Waals surface area contributed by atoms with E-state index in [0.717, 1.165) is 18.5 Å². The Bertz CT molecular complexity index is 304. The lowest BCUT2D eigenvalue weighted by atomic mass is 9.89. The quantitative estimate of drug-likeness (QED) is 0.772. The number of imidazole rings is 1. The van der Waals surface area contributed by atoms with E-state index in [4.69, 9.17) is 0 Å². The van der Waals surface area contributed by atoms with Gasteiger partial charge in [-0.05, 0) is 6.42 Å². The van der Waals surface area contributed by atoms with E-state index in [1.165, 1.54) is 0 Å². The van der Waals surface area contributed by atoms with Gasteiger partial charge < -0.3 is 10.3 Å². The third-order valence-corrected chi connectivity index (χ3v) is 2.73. The van der Waals surface area contributed by atoms with Gasteiger partial charge in [-0.25, -0.2) is 4.98 Å². The first-order chi connectivity index (χ1) is 7.06. The van der Waals surface area contributed by atoms with Gasteiger partial charge in [-0.15, -0.1) is 0 Å². The van der Waals surface area contributed by atoms with Gasteiger partial charge in [0, 0.05) is 30.3 Å². The lowest BCUT2D eigenvalue weighted by Gasteiger charge is -2.21. The molecule has 0 aromatic carbocycles. The first-order valence-corrected chi connectivity index (χ1v) is 5.32. The van der Waals surface area contributed by atoms with Crippen LogP contribution in [0.5, 0.6) is 0 Å². The molecule has 1 aromatic rings. The molecule has 0 radical (unpaired) electrons. The van der Waals surface area contributed by atoms with Crippen LogP contribution < -0.4 is 5.32 Å². The van der Waals surface area contributed by atoms with Crippen molar-refractivity contribution in [2.45, 2.75) is 33.6 Å². The van der Waals surface area contributed by atoms with Gasteiger partial charge >= 0.3 is 0 Å². The van der Waals surface area contributed by atoms with E-state index in [-0.39, 0.29) is 11.3 Å². The van der Waals surface area contributed by atoms with E-state index in [1.54, 1.807) is 12.5 Å². The average Bonchev–Trinajstić information content (AvgIpc) is 2.70. The predicted molar refractivity (Wildman–Crippen MR) is 59.4 cm³/mol. The first-order valence-electron chi connectivity index (χ1n) is 5.32. The van der Waals surface area contributed by atoms with Crippen LogP contribution in [0.4, 0.5) is 0 Å². The van der Waals surface area contributed by atoms with Crippen LogP contribution in [0.15, 0.2) is 12.5 Å². The molecule has 1 amide bonds. The van der Waals surface area contributed by atoms with E-state index in [0.29, 0.717) is 6.54 Å². The summed E-state index contributed by atoms with van der Waals surface area (Å²) in [5, 5.41) is 2.93.